The topological polar surface area (TPSA) is 72.8 Å². The molecule has 26 heavy (non-hydrogen) atoms. The van der Waals surface area contributed by atoms with Gasteiger partial charge in [-0.1, -0.05) is 18.2 Å². The van der Waals surface area contributed by atoms with Crippen molar-refractivity contribution in [2.45, 2.75) is 6.18 Å². The van der Waals surface area contributed by atoms with Crippen LogP contribution in [0.15, 0.2) is 48.5 Å². The summed E-state index contributed by atoms with van der Waals surface area (Å²) in [5, 5.41) is 20.8. The summed E-state index contributed by atoms with van der Waals surface area (Å²) in [5.74, 6) is -0.556. The Morgan fingerprint density at radius 2 is 1.62 bits per heavy atom. The molecule has 2 aromatic carbocycles. The second-order valence-electron chi connectivity index (χ2n) is 5.48. The van der Waals surface area contributed by atoms with Gasteiger partial charge in [-0.15, -0.1) is 0 Å². The number of alkyl halides is 3. The molecule has 0 radical (unpaired) electrons. The highest BCUT2D eigenvalue weighted by Gasteiger charge is 2.31. The first-order valence-electron chi connectivity index (χ1n) is 7.91. The Morgan fingerprint density at radius 1 is 1.00 bits per heavy atom. The van der Waals surface area contributed by atoms with E-state index in [1.165, 1.54) is 11.0 Å². The van der Waals surface area contributed by atoms with Gasteiger partial charge >= 0.3 is 6.18 Å². The minimum Gasteiger partial charge on any atom is -0.395 e. The second-order valence-corrected chi connectivity index (χ2v) is 5.48. The molecule has 0 saturated carbocycles. The van der Waals surface area contributed by atoms with Crippen molar-refractivity contribution >= 4 is 17.3 Å². The molecule has 0 bridgehead atoms. The second kappa shape index (κ2) is 8.68. The summed E-state index contributed by atoms with van der Waals surface area (Å²) in [6, 6.07) is 11.1. The number of amides is 1. The Kier molecular flexibility index (Phi) is 6.59. The fourth-order valence-electron chi connectivity index (χ4n) is 2.47. The summed E-state index contributed by atoms with van der Waals surface area (Å²) in [6.45, 7) is -0.319. The van der Waals surface area contributed by atoms with Crippen molar-refractivity contribution in [3.63, 3.8) is 0 Å². The lowest BCUT2D eigenvalue weighted by atomic mass is 10.1. The number of hydrogen-bond acceptors (Lipinski definition) is 4. The minimum absolute atomic E-state index is 0.0458. The molecule has 2 aromatic rings. The van der Waals surface area contributed by atoms with Crippen LogP contribution in [0.2, 0.25) is 0 Å². The first-order valence-corrected chi connectivity index (χ1v) is 7.91. The molecule has 3 N–H and O–H groups in total. The number of rotatable bonds is 7. The molecule has 0 spiro atoms. The summed E-state index contributed by atoms with van der Waals surface area (Å²) in [4.78, 5) is 13.9. The molecule has 8 heteroatoms. The van der Waals surface area contributed by atoms with Crippen molar-refractivity contribution in [1.82, 2.24) is 0 Å². The molecule has 0 aromatic heterocycles. The highest BCUT2D eigenvalue weighted by molar-refractivity contribution is 6.06. The van der Waals surface area contributed by atoms with Crippen molar-refractivity contribution in [1.29, 1.82) is 0 Å². The van der Waals surface area contributed by atoms with E-state index in [9.17, 15) is 18.0 Å². The Morgan fingerprint density at radius 3 is 2.15 bits per heavy atom. The van der Waals surface area contributed by atoms with Gasteiger partial charge in [0, 0.05) is 18.7 Å². The van der Waals surface area contributed by atoms with Crippen molar-refractivity contribution in [2.75, 3.05) is 36.5 Å². The van der Waals surface area contributed by atoms with Crippen LogP contribution >= 0.6 is 0 Å². The molecule has 0 unspecified atom stereocenters. The zero-order valence-electron chi connectivity index (χ0n) is 13.8. The van der Waals surface area contributed by atoms with E-state index in [0.717, 1.165) is 12.1 Å². The van der Waals surface area contributed by atoms with Crippen molar-refractivity contribution in [3.05, 3.63) is 59.7 Å². The van der Waals surface area contributed by atoms with Crippen molar-refractivity contribution in [3.8, 4) is 0 Å². The number of aliphatic hydroxyl groups excluding tert-OH is 2. The number of benzene rings is 2. The van der Waals surface area contributed by atoms with Crippen LogP contribution in [0, 0.1) is 0 Å². The van der Waals surface area contributed by atoms with Gasteiger partial charge in [-0.05, 0) is 30.3 Å². The first-order chi connectivity index (χ1) is 12.4. The third kappa shape index (κ3) is 4.96. The molecule has 1 amide bonds. The Labute approximate surface area is 148 Å². The van der Waals surface area contributed by atoms with Crippen LogP contribution in [0.4, 0.5) is 24.5 Å². The maximum absolute atomic E-state index is 13.1. The minimum atomic E-state index is -4.57. The maximum atomic E-state index is 13.1. The van der Waals surface area contributed by atoms with Gasteiger partial charge in [0.05, 0.1) is 30.2 Å². The van der Waals surface area contributed by atoms with Crippen LogP contribution in [0.25, 0.3) is 0 Å². The van der Waals surface area contributed by atoms with Gasteiger partial charge in [-0.3, -0.25) is 4.79 Å². The monoisotopic (exact) mass is 368 g/mol. The van der Waals surface area contributed by atoms with Crippen LogP contribution in [-0.4, -0.2) is 42.4 Å². The van der Waals surface area contributed by atoms with E-state index in [1.54, 1.807) is 30.3 Å². The first kappa shape index (κ1) is 19.7. The molecule has 0 aliphatic heterocycles. The van der Waals surface area contributed by atoms with Gasteiger partial charge in [0.15, 0.2) is 0 Å². The normalized spacial score (nSPS) is 11.3. The highest BCUT2D eigenvalue weighted by Crippen LogP contribution is 2.35. The van der Waals surface area contributed by atoms with E-state index >= 15 is 0 Å². The molecule has 2 rings (SSSR count). The quantitative estimate of drug-likeness (QED) is 0.703. The van der Waals surface area contributed by atoms with Crippen LogP contribution in [0.1, 0.15) is 15.9 Å². The van der Waals surface area contributed by atoms with Gasteiger partial charge < -0.3 is 20.4 Å². The number of anilines is 2. The van der Waals surface area contributed by atoms with Crippen LogP contribution in [0.5, 0.6) is 0 Å². The molecular weight excluding hydrogens is 349 g/mol. The fourth-order valence-corrected chi connectivity index (χ4v) is 2.47. The third-order valence-corrected chi connectivity index (χ3v) is 3.69. The number of hydrogen-bond donors (Lipinski definition) is 3. The van der Waals surface area contributed by atoms with Crippen molar-refractivity contribution in [2.24, 2.45) is 0 Å². The Bertz CT molecular complexity index is 730. The molecule has 0 atom stereocenters. The number of halogens is 3. The van der Waals surface area contributed by atoms with Crippen LogP contribution < -0.4 is 10.2 Å². The van der Waals surface area contributed by atoms with Gasteiger partial charge in [0.25, 0.3) is 5.91 Å². The smallest absolute Gasteiger partial charge is 0.395 e. The largest absolute Gasteiger partial charge is 0.416 e. The maximum Gasteiger partial charge on any atom is 0.416 e. The molecule has 0 heterocycles. The van der Waals surface area contributed by atoms with E-state index < -0.39 is 17.6 Å². The van der Waals surface area contributed by atoms with E-state index in [-0.39, 0.29) is 37.7 Å². The summed E-state index contributed by atoms with van der Waals surface area (Å²) in [5.41, 5.74) is -0.370. The Hall–Kier alpha value is -2.58. The van der Waals surface area contributed by atoms with Gasteiger partial charge in [0.2, 0.25) is 0 Å². The number of aliphatic hydroxyl groups is 2. The lowest BCUT2D eigenvalue weighted by Gasteiger charge is -2.26. The summed E-state index contributed by atoms with van der Waals surface area (Å²) >= 11 is 0. The zero-order chi connectivity index (χ0) is 19.2. The zero-order valence-corrected chi connectivity index (χ0v) is 13.8. The van der Waals surface area contributed by atoms with E-state index in [2.05, 4.69) is 5.32 Å². The Balaban J connectivity index is 2.42. The predicted octanol–water partition coefficient (Wildman–Crippen LogP) is 2.75. The summed E-state index contributed by atoms with van der Waals surface area (Å²) in [6.07, 6.45) is -4.57. The van der Waals surface area contributed by atoms with E-state index in [0.29, 0.717) is 5.56 Å². The van der Waals surface area contributed by atoms with Gasteiger partial charge in [0.1, 0.15) is 0 Å². The standard InChI is InChI=1S/C18H19F3N2O3/c19-18(20,21)14-6-7-16(23(8-10-24)9-11-25)15(12-14)22-17(26)13-4-2-1-3-5-13/h1-7,12,24-25H,8-11H2,(H,22,26). The van der Waals surface area contributed by atoms with E-state index in [4.69, 9.17) is 10.2 Å². The molecule has 0 aliphatic carbocycles. The van der Waals surface area contributed by atoms with Crippen LogP contribution in [0.3, 0.4) is 0 Å². The van der Waals surface area contributed by atoms with Gasteiger partial charge in [-0.2, -0.15) is 13.2 Å². The number of nitrogens with zero attached hydrogens (tertiary/aromatic N) is 1. The molecule has 0 fully saturated rings. The number of nitrogens with one attached hydrogen (secondary N) is 1. The SMILES string of the molecule is O=C(Nc1cc(C(F)(F)F)ccc1N(CCO)CCO)c1ccccc1. The predicted molar refractivity (Wildman–Crippen MR) is 92.2 cm³/mol. The van der Waals surface area contributed by atoms with Gasteiger partial charge in [-0.25, -0.2) is 0 Å². The highest BCUT2D eigenvalue weighted by atomic mass is 19.4. The average molecular weight is 368 g/mol. The third-order valence-electron chi connectivity index (χ3n) is 3.69. The van der Waals surface area contributed by atoms with Crippen LogP contribution in [-0.2, 0) is 6.18 Å². The lowest BCUT2D eigenvalue weighted by molar-refractivity contribution is -0.137. The molecule has 0 aliphatic rings. The van der Waals surface area contributed by atoms with Crippen molar-refractivity contribution < 1.29 is 28.2 Å². The molecule has 140 valence electrons. The van der Waals surface area contributed by atoms with E-state index in [1.807, 2.05) is 0 Å². The lowest BCUT2D eigenvalue weighted by Crippen LogP contribution is -2.31. The summed E-state index contributed by atoms with van der Waals surface area (Å²) in [7, 11) is 0. The molecular formula is C18H19F3N2O3. The molecule has 0 saturated heterocycles. The summed E-state index contributed by atoms with van der Waals surface area (Å²) < 4.78 is 39.2. The number of carbonyl (C=O) groups excluding carboxylic acids is 1. The average Bonchev–Trinajstić information content (AvgIpc) is 2.61. The fraction of sp³-hybridized carbons (Fsp3) is 0.278. The molecule has 5 nitrogen and oxygen atoms in total. The number of carbonyl (C=O) groups is 1.